The molecule has 1 aliphatic heterocycles. The molecule has 0 N–H and O–H groups in total. The van der Waals surface area contributed by atoms with Gasteiger partial charge in [-0.25, -0.2) is 0 Å². The van der Waals surface area contributed by atoms with Gasteiger partial charge in [-0.3, -0.25) is 9.97 Å². The Balaban J connectivity index is 0.979. The summed E-state index contributed by atoms with van der Waals surface area (Å²) in [4.78, 5) is 10.1. The third-order valence-electron chi connectivity index (χ3n) is 14.6. The SMILES string of the molecule is N#Cc1ccc2c(c1)c1cc(C#N)ccc1n2-c1ccc2c(c1)c1ccccc1n2-c1ccc2c(c1)C1(c3cc(-n4c5ccccc5c5ccccc54)ccc3O2)c2cccnc2-c2ncccc21. The molecule has 13 aromatic rings. The van der Waals surface area contributed by atoms with E-state index in [-0.39, 0.29) is 0 Å². The van der Waals surface area contributed by atoms with Crippen molar-refractivity contribution in [3.8, 4) is 52.1 Å². The van der Waals surface area contributed by atoms with Gasteiger partial charge in [0.25, 0.3) is 0 Å². The molecule has 1 spiro atoms. The molecule has 0 saturated heterocycles. The smallest absolute Gasteiger partial charge is 0.132 e. The molecule has 0 radical (unpaired) electrons. The van der Waals surface area contributed by atoms with Crippen LogP contribution in [0.2, 0.25) is 0 Å². The summed E-state index contributed by atoms with van der Waals surface area (Å²) in [7, 11) is 0. The standard InChI is InChI=1S/C61H33N7O/c62-34-36-17-22-54-44(29-36)45-30-37(35-63)18-23-55(45)66(54)38-19-24-56-46(31-38)43-11-3-6-16-53(43)68(56)40-21-26-58-50(33-40)61(47-12-7-27-64-59(47)60-48(61)13-8-28-65-60)49-32-39(20-25-57(49)69-58)67-51-14-4-1-9-41(51)42-10-2-5-15-52(42)67/h1-33H. The Kier molecular flexibility index (Phi) is 7.41. The van der Waals surface area contributed by atoms with Gasteiger partial charge in [0.1, 0.15) is 11.5 Å². The first kappa shape index (κ1) is 37.5. The van der Waals surface area contributed by atoms with E-state index in [2.05, 4.69) is 165 Å². The Hall–Kier alpha value is -9.76. The summed E-state index contributed by atoms with van der Waals surface area (Å²) in [6, 6.07) is 70.4. The molecular formula is C61H33N7O. The quantitative estimate of drug-likeness (QED) is 0.176. The largest absolute Gasteiger partial charge is 0.457 e. The van der Waals surface area contributed by atoms with Crippen LogP contribution in [0.15, 0.2) is 200 Å². The van der Waals surface area contributed by atoms with Crippen LogP contribution in [0.5, 0.6) is 11.5 Å². The van der Waals surface area contributed by atoms with Gasteiger partial charge >= 0.3 is 0 Å². The van der Waals surface area contributed by atoms with Crippen molar-refractivity contribution in [3.05, 3.63) is 234 Å². The lowest BCUT2D eigenvalue weighted by atomic mass is 9.66. The summed E-state index contributed by atoms with van der Waals surface area (Å²) < 4.78 is 14.0. The van der Waals surface area contributed by atoms with Crippen LogP contribution in [0.3, 0.4) is 0 Å². The fourth-order valence-corrected chi connectivity index (χ4v) is 11.9. The first-order valence-corrected chi connectivity index (χ1v) is 22.9. The second-order valence-electron chi connectivity index (χ2n) is 18.0. The zero-order valence-electron chi connectivity index (χ0n) is 36.6. The van der Waals surface area contributed by atoms with Crippen LogP contribution < -0.4 is 4.74 Å². The molecule has 0 bridgehead atoms. The van der Waals surface area contributed by atoms with Crippen molar-refractivity contribution in [3.63, 3.8) is 0 Å². The highest BCUT2D eigenvalue weighted by Crippen LogP contribution is 2.62. The Morgan fingerprint density at radius 3 is 1.23 bits per heavy atom. The first-order valence-electron chi connectivity index (χ1n) is 22.9. The van der Waals surface area contributed by atoms with E-state index in [1.54, 1.807) is 0 Å². The molecule has 318 valence electrons. The number of ether oxygens (including phenoxy) is 1. The van der Waals surface area contributed by atoms with Gasteiger partial charge in [-0.05, 0) is 132 Å². The zero-order chi connectivity index (χ0) is 45.5. The molecule has 2 aliphatic rings. The number of benzene rings is 8. The number of rotatable bonds is 3. The predicted octanol–water partition coefficient (Wildman–Crippen LogP) is 14.0. The van der Waals surface area contributed by atoms with Crippen LogP contribution in [0, 0.1) is 22.7 Å². The van der Waals surface area contributed by atoms with E-state index in [1.165, 1.54) is 10.8 Å². The van der Waals surface area contributed by atoms with E-state index in [0.29, 0.717) is 11.1 Å². The summed E-state index contributed by atoms with van der Waals surface area (Å²) in [5.41, 5.74) is 15.5. The number of hydrogen-bond acceptors (Lipinski definition) is 5. The highest BCUT2D eigenvalue weighted by Gasteiger charge is 2.52. The monoisotopic (exact) mass is 879 g/mol. The maximum atomic E-state index is 9.85. The molecule has 0 saturated carbocycles. The van der Waals surface area contributed by atoms with Crippen LogP contribution in [-0.2, 0) is 5.41 Å². The summed E-state index contributed by atoms with van der Waals surface area (Å²) >= 11 is 0. The van der Waals surface area contributed by atoms with E-state index in [4.69, 9.17) is 14.7 Å². The molecular weight excluding hydrogens is 847 g/mol. The maximum absolute atomic E-state index is 9.85. The average Bonchev–Trinajstić information content (AvgIpc) is 4.12. The molecule has 8 nitrogen and oxygen atoms in total. The van der Waals surface area contributed by atoms with Gasteiger partial charge in [0.15, 0.2) is 0 Å². The summed E-state index contributed by atoms with van der Waals surface area (Å²) in [6.45, 7) is 0. The first-order chi connectivity index (χ1) is 34.1. The van der Waals surface area contributed by atoms with Gasteiger partial charge < -0.3 is 18.4 Å². The van der Waals surface area contributed by atoms with Crippen molar-refractivity contribution >= 4 is 65.4 Å². The molecule has 0 amide bonds. The van der Waals surface area contributed by atoms with Crippen LogP contribution >= 0.6 is 0 Å². The van der Waals surface area contributed by atoms with E-state index in [1.807, 2.05) is 60.9 Å². The number of aromatic nitrogens is 5. The molecule has 8 heteroatoms. The molecule has 0 fully saturated rings. The predicted molar refractivity (Wildman–Crippen MR) is 272 cm³/mol. The zero-order valence-corrected chi connectivity index (χ0v) is 36.6. The fraction of sp³-hybridized carbons (Fsp3) is 0.0164. The van der Waals surface area contributed by atoms with Crippen LogP contribution in [0.1, 0.15) is 33.4 Å². The molecule has 0 unspecified atom stereocenters. The highest BCUT2D eigenvalue weighted by atomic mass is 16.5. The number of hydrogen-bond donors (Lipinski definition) is 0. The van der Waals surface area contributed by atoms with Gasteiger partial charge in [0, 0.05) is 72.9 Å². The van der Waals surface area contributed by atoms with Crippen molar-refractivity contribution < 1.29 is 4.74 Å². The second-order valence-corrected chi connectivity index (χ2v) is 18.0. The van der Waals surface area contributed by atoms with Crippen LogP contribution in [0.25, 0.3) is 93.9 Å². The molecule has 15 rings (SSSR count). The molecule has 1 aliphatic carbocycles. The summed E-state index contributed by atoms with van der Waals surface area (Å²) in [5, 5.41) is 26.2. The van der Waals surface area contributed by atoms with Crippen molar-refractivity contribution in [2.45, 2.75) is 5.41 Å². The number of fused-ring (bicyclic) bond motifs is 18. The Morgan fingerprint density at radius 1 is 0.362 bits per heavy atom. The minimum Gasteiger partial charge on any atom is -0.457 e. The molecule has 69 heavy (non-hydrogen) atoms. The van der Waals surface area contributed by atoms with Crippen molar-refractivity contribution in [1.82, 2.24) is 23.7 Å². The van der Waals surface area contributed by atoms with Crippen LogP contribution in [-0.4, -0.2) is 23.7 Å². The molecule has 6 heterocycles. The Bertz CT molecular complexity index is 4350. The number of pyridine rings is 2. The van der Waals surface area contributed by atoms with Crippen LogP contribution in [0.4, 0.5) is 0 Å². The summed E-state index contributed by atoms with van der Waals surface area (Å²) in [5.74, 6) is 1.56. The van der Waals surface area contributed by atoms with Crippen molar-refractivity contribution in [1.29, 1.82) is 10.5 Å². The summed E-state index contributed by atoms with van der Waals surface area (Å²) in [6.07, 6.45) is 3.72. The number of nitrogens with zero attached hydrogens (tertiary/aromatic N) is 7. The van der Waals surface area contributed by atoms with E-state index < -0.39 is 5.41 Å². The van der Waals surface area contributed by atoms with Crippen molar-refractivity contribution in [2.75, 3.05) is 0 Å². The fourth-order valence-electron chi connectivity index (χ4n) is 11.9. The normalized spacial score (nSPS) is 13.1. The third-order valence-corrected chi connectivity index (χ3v) is 14.6. The van der Waals surface area contributed by atoms with Gasteiger partial charge in [-0.15, -0.1) is 0 Å². The van der Waals surface area contributed by atoms with Crippen molar-refractivity contribution in [2.24, 2.45) is 0 Å². The minimum absolute atomic E-state index is 0.573. The van der Waals surface area contributed by atoms with E-state index in [0.717, 1.165) is 117 Å². The van der Waals surface area contributed by atoms with E-state index in [9.17, 15) is 10.5 Å². The second kappa shape index (κ2) is 13.6. The Labute approximate surface area is 394 Å². The Morgan fingerprint density at radius 2 is 0.754 bits per heavy atom. The van der Waals surface area contributed by atoms with E-state index >= 15 is 0 Å². The lowest BCUT2D eigenvalue weighted by Crippen LogP contribution is -2.32. The number of para-hydroxylation sites is 3. The third kappa shape index (κ3) is 4.88. The van der Waals surface area contributed by atoms with Gasteiger partial charge in [0.05, 0.1) is 73.2 Å². The lowest BCUT2D eigenvalue weighted by molar-refractivity contribution is 0.436. The maximum Gasteiger partial charge on any atom is 0.132 e. The molecule has 8 aromatic carbocycles. The van der Waals surface area contributed by atoms with Gasteiger partial charge in [0.2, 0.25) is 0 Å². The minimum atomic E-state index is -0.833. The highest BCUT2D eigenvalue weighted by molar-refractivity contribution is 6.13. The molecule has 0 atom stereocenters. The van der Waals surface area contributed by atoms with Gasteiger partial charge in [-0.1, -0.05) is 66.7 Å². The average molecular weight is 880 g/mol. The van der Waals surface area contributed by atoms with Gasteiger partial charge in [-0.2, -0.15) is 10.5 Å². The topological polar surface area (TPSA) is 97.4 Å². The molecule has 5 aromatic heterocycles. The lowest BCUT2D eigenvalue weighted by Gasteiger charge is -2.39. The number of nitriles is 2.